The summed E-state index contributed by atoms with van der Waals surface area (Å²) in [6.07, 6.45) is 2.19. The van der Waals surface area contributed by atoms with Crippen molar-refractivity contribution in [2.45, 2.75) is 39.7 Å². The van der Waals surface area contributed by atoms with E-state index in [2.05, 4.69) is 0 Å². The number of ether oxygens (including phenoxy) is 1. The molecule has 0 fully saturated rings. The lowest BCUT2D eigenvalue weighted by Gasteiger charge is -2.24. The van der Waals surface area contributed by atoms with E-state index in [4.69, 9.17) is 27.9 Å². The van der Waals surface area contributed by atoms with Crippen LogP contribution < -0.4 is 4.90 Å². The van der Waals surface area contributed by atoms with Crippen LogP contribution in [0.2, 0.25) is 10.0 Å². The molecule has 0 radical (unpaired) electrons. The molecule has 27 heavy (non-hydrogen) atoms. The zero-order valence-electron chi connectivity index (χ0n) is 15.5. The molecule has 2 rings (SSSR count). The molecule has 0 aliphatic carbocycles. The van der Waals surface area contributed by atoms with Gasteiger partial charge >= 0.3 is 5.97 Å². The van der Waals surface area contributed by atoms with E-state index < -0.39 is 0 Å². The van der Waals surface area contributed by atoms with Gasteiger partial charge in [0.2, 0.25) is 5.91 Å². The van der Waals surface area contributed by atoms with Gasteiger partial charge in [-0.2, -0.15) is 0 Å². The molecule has 0 saturated heterocycles. The van der Waals surface area contributed by atoms with E-state index in [1.54, 1.807) is 48.2 Å². The monoisotopic (exact) mass is 407 g/mol. The van der Waals surface area contributed by atoms with Gasteiger partial charge in [-0.15, -0.1) is 0 Å². The van der Waals surface area contributed by atoms with Crippen molar-refractivity contribution in [3.8, 4) is 0 Å². The van der Waals surface area contributed by atoms with Crippen molar-refractivity contribution in [1.29, 1.82) is 0 Å². The second-order valence-electron chi connectivity index (χ2n) is 6.09. The van der Waals surface area contributed by atoms with Crippen molar-refractivity contribution in [3.05, 3.63) is 63.6 Å². The third kappa shape index (κ3) is 5.98. The highest BCUT2D eigenvalue weighted by Gasteiger charge is 2.18. The zero-order chi connectivity index (χ0) is 19.8. The number of rotatable bonds is 8. The largest absolute Gasteiger partial charge is 0.462 e. The van der Waals surface area contributed by atoms with Crippen molar-refractivity contribution in [2.24, 2.45) is 0 Å². The number of unbranched alkanes of at least 4 members (excludes halogenated alkanes) is 1. The molecule has 0 aromatic heterocycles. The van der Waals surface area contributed by atoms with Gasteiger partial charge in [0, 0.05) is 22.2 Å². The second kappa shape index (κ2) is 10.3. The number of nitrogens with zero attached hydrogens (tertiary/aromatic N) is 1. The topological polar surface area (TPSA) is 46.6 Å². The van der Waals surface area contributed by atoms with Crippen LogP contribution in [0.4, 0.5) is 5.69 Å². The van der Waals surface area contributed by atoms with Gasteiger partial charge in [0.15, 0.2) is 0 Å². The van der Waals surface area contributed by atoms with Crippen LogP contribution >= 0.6 is 23.2 Å². The Bertz CT molecular complexity index is 791. The van der Waals surface area contributed by atoms with E-state index in [1.165, 1.54) is 0 Å². The van der Waals surface area contributed by atoms with E-state index in [1.807, 2.05) is 13.0 Å². The summed E-state index contributed by atoms with van der Waals surface area (Å²) in [4.78, 5) is 26.3. The summed E-state index contributed by atoms with van der Waals surface area (Å²) in [5.74, 6) is -0.375. The molecule has 0 spiro atoms. The molecule has 2 aromatic rings. The predicted molar refractivity (Wildman–Crippen MR) is 110 cm³/mol. The molecule has 144 valence electrons. The number of anilines is 1. The van der Waals surface area contributed by atoms with E-state index >= 15 is 0 Å². The third-order valence-corrected chi connectivity index (χ3v) is 4.67. The minimum atomic E-state index is -0.381. The van der Waals surface area contributed by atoms with Crippen LogP contribution in [0.5, 0.6) is 0 Å². The Morgan fingerprint density at radius 3 is 2.33 bits per heavy atom. The van der Waals surface area contributed by atoms with Gasteiger partial charge in [-0.25, -0.2) is 4.79 Å². The number of esters is 1. The quantitative estimate of drug-likeness (QED) is 0.512. The number of carbonyl (C=O) groups excluding carboxylic acids is 2. The SMILES string of the molecule is CCCCC(=O)N(Cc1ccc(Cl)cc1Cl)c1ccc(C(=O)OCC)cc1. The molecule has 0 N–H and O–H groups in total. The first kappa shape index (κ1) is 21.3. The lowest BCUT2D eigenvalue weighted by Crippen LogP contribution is -2.30. The lowest BCUT2D eigenvalue weighted by molar-refractivity contribution is -0.118. The summed E-state index contributed by atoms with van der Waals surface area (Å²) in [5.41, 5.74) is 1.96. The molecule has 6 heteroatoms. The fourth-order valence-electron chi connectivity index (χ4n) is 2.60. The number of hydrogen-bond acceptors (Lipinski definition) is 3. The van der Waals surface area contributed by atoms with Crippen molar-refractivity contribution >= 4 is 40.8 Å². The van der Waals surface area contributed by atoms with E-state index in [0.29, 0.717) is 40.9 Å². The number of hydrogen-bond donors (Lipinski definition) is 0. The Hall–Kier alpha value is -2.04. The fraction of sp³-hybridized carbons (Fsp3) is 0.333. The van der Waals surface area contributed by atoms with Crippen molar-refractivity contribution < 1.29 is 14.3 Å². The molecule has 4 nitrogen and oxygen atoms in total. The Morgan fingerprint density at radius 2 is 1.74 bits per heavy atom. The highest BCUT2D eigenvalue weighted by Crippen LogP contribution is 2.26. The Balaban J connectivity index is 2.28. The van der Waals surface area contributed by atoms with Gasteiger partial charge in [0.25, 0.3) is 0 Å². The van der Waals surface area contributed by atoms with Gasteiger partial charge in [-0.1, -0.05) is 42.6 Å². The number of benzene rings is 2. The molecule has 1 amide bonds. The lowest BCUT2D eigenvalue weighted by atomic mass is 10.1. The van der Waals surface area contributed by atoms with E-state index in [9.17, 15) is 9.59 Å². The first-order valence-electron chi connectivity index (χ1n) is 8.97. The van der Waals surface area contributed by atoms with Crippen LogP contribution in [0.15, 0.2) is 42.5 Å². The Kier molecular flexibility index (Phi) is 8.14. The summed E-state index contributed by atoms with van der Waals surface area (Å²) in [5, 5.41) is 1.06. The van der Waals surface area contributed by atoms with Gasteiger partial charge in [0.05, 0.1) is 18.7 Å². The fourth-order valence-corrected chi connectivity index (χ4v) is 3.07. The van der Waals surface area contributed by atoms with Crippen LogP contribution in [0.3, 0.4) is 0 Å². The predicted octanol–water partition coefficient (Wildman–Crippen LogP) is 5.89. The maximum absolute atomic E-state index is 12.8. The Morgan fingerprint density at radius 1 is 1.04 bits per heavy atom. The minimum Gasteiger partial charge on any atom is -0.462 e. The van der Waals surface area contributed by atoms with Crippen LogP contribution in [0.25, 0.3) is 0 Å². The van der Waals surface area contributed by atoms with E-state index in [0.717, 1.165) is 18.4 Å². The summed E-state index contributed by atoms with van der Waals surface area (Å²) in [6.45, 7) is 4.45. The minimum absolute atomic E-state index is 0.00625. The normalized spacial score (nSPS) is 10.5. The first-order valence-corrected chi connectivity index (χ1v) is 9.73. The summed E-state index contributed by atoms with van der Waals surface area (Å²) >= 11 is 12.3. The molecule has 2 aromatic carbocycles. The highest BCUT2D eigenvalue weighted by molar-refractivity contribution is 6.35. The average molecular weight is 408 g/mol. The molecular weight excluding hydrogens is 385 g/mol. The van der Waals surface area contributed by atoms with Gasteiger partial charge < -0.3 is 9.64 Å². The zero-order valence-corrected chi connectivity index (χ0v) is 17.0. The molecule has 0 aliphatic rings. The van der Waals surface area contributed by atoms with Crippen molar-refractivity contribution in [2.75, 3.05) is 11.5 Å². The van der Waals surface area contributed by atoms with Gasteiger partial charge in [0.1, 0.15) is 0 Å². The second-order valence-corrected chi connectivity index (χ2v) is 6.93. The molecule has 0 atom stereocenters. The number of carbonyl (C=O) groups is 2. The molecule has 0 unspecified atom stereocenters. The van der Waals surface area contributed by atoms with Crippen molar-refractivity contribution in [3.63, 3.8) is 0 Å². The average Bonchev–Trinajstić information content (AvgIpc) is 2.66. The van der Waals surface area contributed by atoms with E-state index in [-0.39, 0.29) is 11.9 Å². The van der Waals surface area contributed by atoms with Crippen LogP contribution in [-0.2, 0) is 16.1 Å². The van der Waals surface area contributed by atoms with Gasteiger partial charge in [-0.3, -0.25) is 4.79 Å². The highest BCUT2D eigenvalue weighted by atomic mass is 35.5. The molecular formula is C21H23Cl2NO3. The smallest absolute Gasteiger partial charge is 0.338 e. The Labute approximate surface area is 170 Å². The molecule has 0 saturated carbocycles. The maximum Gasteiger partial charge on any atom is 0.338 e. The third-order valence-electron chi connectivity index (χ3n) is 4.08. The van der Waals surface area contributed by atoms with Crippen LogP contribution in [0, 0.1) is 0 Å². The van der Waals surface area contributed by atoms with Gasteiger partial charge in [-0.05, 0) is 55.3 Å². The first-order chi connectivity index (χ1) is 13.0. The molecule has 0 aliphatic heterocycles. The molecule has 0 bridgehead atoms. The summed E-state index contributed by atoms with van der Waals surface area (Å²) < 4.78 is 5.00. The van der Waals surface area contributed by atoms with Crippen LogP contribution in [0.1, 0.15) is 49.0 Å². The maximum atomic E-state index is 12.8. The van der Waals surface area contributed by atoms with Crippen LogP contribution in [-0.4, -0.2) is 18.5 Å². The standard InChI is InChI=1S/C21H23Cl2NO3/c1-3-5-6-20(25)24(14-16-7-10-17(22)13-19(16)23)18-11-8-15(9-12-18)21(26)27-4-2/h7-13H,3-6,14H2,1-2H3. The molecule has 0 heterocycles. The summed E-state index contributed by atoms with van der Waals surface area (Å²) in [7, 11) is 0. The number of halogens is 2. The van der Waals surface area contributed by atoms with Crippen molar-refractivity contribution in [1.82, 2.24) is 0 Å². The summed E-state index contributed by atoms with van der Waals surface area (Å²) in [6, 6.07) is 12.1. The number of amides is 1.